The highest BCUT2D eigenvalue weighted by Crippen LogP contribution is 2.35. The minimum atomic E-state index is -4.70. The van der Waals surface area contributed by atoms with Crippen LogP contribution < -0.4 is 5.32 Å². The van der Waals surface area contributed by atoms with Gasteiger partial charge in [-0.2, -0.15) is 13.2 Å². The van der Waals surface area contributed by atoms with Crippen molar-refractivity contribution >= 4 is 29.1 Å². The summed E-state index contributed by atoms with van der Waals surface area (Å²) in [5.74, 6) is -0.214. The Kier molecular flexibility index (Phi) is 6.27. The molecular weight excluding hydrogens is 439 g/mol. The van der Waals surface area contributed by atoms with E-state index in [0.717, 1.165) is 22.5 Å². The number of halogens is 3. The number of hydrogen-bond donors (Lipinski definition) is 1. The van der Waals surface area contributed by atoms with Crippen molar-refractivity contribution in [2.24, 2.45) is 11.1 Å². The first-order valence-electron chi connectivity index (χ1n) is 10.0. The van der Waals surface area contributed by atoms with Crippen molar-refractivity contribution in [2.45, 2.75) is 25.9 Å². The fourth-order valence-electron chi connectivity index (χ4n) is 3.08. The number of nitrogens with one attached hydrogen (secondary N) is 1. The lowest BCUT2D eigenvalue weighted by molar-refractivity contribution is -0.141. The third kappa shape index (κ3) is 5.34. The Morgan fingerprint density at radius 2 is 1.94 bits per heavy atom. The summed E-state index contributed by atoms with van der Waals surface area (Å²) in [6.07, 6.45) is -0.679. The number of oxime groups is 1. The molecule has 9 heteroatoms. The second-order valence-electron chi connectivity index (χ2n) is 7.50. The molecular formula is C23H20F3N3O2S. The zero-order valence-corrected chi connectivity index (χ0v) is 18.0. The molecule has 1 aliphatic rings. The smallest absolute Gasteiger partial charge is 0.396 e. The number of carbonyl (C=O) groups excluding carboxylic acids is 1. The molecule has 0 saturated heterocycles. The number of anilines is 1. The maximum absolute atomic E-state index is 13.2. The summed E-state index contributed by atoms with van der Waals surface area (Å²) in [5.41, 5.74) is 1.58. The second kappa shape index (κ2) is 9.12. The van der Waals surface area contributed by atoms with E-state index in [9.17, 15) is 18.0 Å². The van der Waals surface area contributed by atoms with E-state index >= 15 is 0 Å². The Balaban J connectivity index is 1.51. The molecule has 3 aromatic rings. The predicted molar refractivity (Wildman–Crippen MR) is 118 cm³/mol. The summed E-state index contributed by atoms with van der Waals surface area (Å²) in [6, 6.07) is 14.4. The number of benzene rings is 2. The van der Waals surface area contributed by atoms with E-state index < -0.39 is 22.7 Å². The normalized spacial score (nSPS) is 14.0. The number of aromatic nitrogens is 1. The molecule has 0 atom stereocenters. The number of amides is 1. The third-order valence-corrected chi connectivity index (χ3v) is 5.86. The zero-order valence-electron chi connectivity index (χ0n) is 17.1. The van der Waals surface area contributed by atoms with Crippen LogP contribution in [0.25, 0.3) is 11.1 Å². The fraction of sp³-hybridized carbons (Fsp3) is 0.261. The topological polar surface area (TPSA) is 63.6 Å². The molecule has 1 aliphatic carbocycles. The van der Waals surface area contributed by atoms with Crippen LogP contribution in [0.15, 0.2) is 53.7 Å². The van der Waals surface area contributed by atoms with Crippen molar-refractivity contribution in [2.75, 3.05) is 11.9 Å². The highest BCUT2D eigenvalue weighted by molar-refractivity contribution is 7.13. The van der Waals surface area contributed by atoms with E-state index in [1.807, 2.05) is 24.3 Å². The van der Waals surface area contributed by atoms with E-state index in [2.05, 4.69) is 15.5 Å². The van der Waals surface area contributed by atoms with Crippen molar-refractivity contribution in [1.29, 1.82) is 0 Å². The van der Waals surface area contributed by atoms with Gasteiger partial charge in [0.25, 0.3) is 5.91 Å². The number of nitrogens with zero attached hydrogens (tertiary/aromatic N) is 2. The molecule has 0 spiro atoms. The molecule has 0 radical (unpaired) electrons. The van der Waals surface area contributed by atoms with Crippen molar-refractivity contribution in [3.8, 4) is 11.1 Å². The first-order chi connectivity index (χ1) is 15.3. The number of alkyl halides is 3. The van der Waals surface area contributed by atoms with Crippen LogP contribution in [0.5, 0.6) is 0 Å². The van der Waals surface area contributed by atoms with Crippen LogP contribution in [0.2, 0.25) is 0 Å². The highest BCUT2D eigenvalue weighted by Gasteiger charge is 2.39. The molecule has 1 aromatic heterocycles. The van der Waals surface area contributed by atoms with E-state index in [-0.39, 0.29) is 5.01 Å². The van der Waals surface area contributed by atoms with Crippen LogP contribution in [0, 0.1) is 12.8 Å². The van der Waals surface area contributed by atoms with Gasteiger partial charge in [0.05, 0.1) is 11.2 Å². The van der Waals surface area contributed by atoms with Gasteiger partial charge in [-0.3, -0.25) is 4.79 Å². The lowest BCUT2D eigenvalue weighted by Gasteiger charge is -2.12. The third-order valence-electron chi connectivity index (χ3n) is 4.89. The van der Waals surface area contributed by atoms with Gasteiger partial charge in [0.1, 0.15) is 11.5 Å². The second-order valence-corrected chi connectivity index (χ2v) is 8.71. The predicted octanol–water partition coefficient (Wildman–Crippen LogP) is 6.15. The van der Waals surface area contributed by atoms with Gasteiger partial charge >= 0.3 is 6.18 Å². The monoisotopic (exact) mass is 459 g/mol. The highest BCUT2D eigenvalue weighted by atomic mass is 32.1. The largest absolute Gasteiger partial charge is 0.435 e. The van der Waals surface area contributed by atoms with Crippen LogP contribution in [0.4, 0.5) is 18.9 Å². The van der Waals surface area contributed by atoms with Gasteiger partial charge in [0.15, 0.2) is 5.69 Å². The molecule has 2 aromatic carbocycles. The number of hydrogen-bond acceptors (Lipinski definition) is 5. The Bertz CT molecular complexity index is 1140. The summed E-state index contributed by atoms with van der Waals surface area (Å²) >= 11 is 0.718. The van der Waals surface area contributed by atoms with Gasteiger partial charge < -0.3 is 10.2 Å². The number of thiazole rings is 1. The van der Waals surface area contributed by atoms with Crippen LogP contribution >= 0.6 is 11.3 Å². The Labute approximate surface area is 186 Å². The Hall–Kier alpha value is -3.20. The minimum absolute atomic E-state index is 0.175. The number of carbonyl (C=O) groups is 1. The minimum Gasteiger partial charge on any atom is -0.396 e. The van der Waals surface area contributed by atoms with Crippen molar-refractivity contribution < 1.29 is 22.8 Å². The maximum atomic E-state index is 13.2. The standard InChI is InChI=1S/C23H20F3N3O2S/c1-14-28-21(23(24,25)26)20(32-14)22(30)29-19-5-3-2-4-18(19)17-10-8-15(9-11-17)12-27-31-13-16-6-7-16/h2-5,8-12,16H,6-7,13H2,1H3,(H,29,30). The lowest BCUT2D eigenvalue weighted by atomic mass is 10.0. The van der Waals surface area contributed by atoms with Gasteiger partial charge in [-0.25, -0.2) is 4.98 Å². The van der Waals surface area contributed by atoms with Gasteiger partial charge in [-0.05, 0) is 42.9 Å². The molecule has 32 heavy (non-hydrogen) atoms. The van der Waals surface area contributed by atoms with E-state index in [1.165, 1.54) is 19.8 Å². The molecule has 4 rings (SSSR count). The Morgan fingerprint density at radius 3 is 2.62 bits per heavy atom. The maximum Gasteiger partial charge on any atom is 0.435 e. The molecule has 1 saturated carbocycles. The van der Waals surface area contributed by atoms with Gasteiger partial charge in [-0.1, -0.05) is 47.6 Å². The summed E-state index contributed by atoms with van der Waals surface area (Å²) < 4.78 is 39.7. The number of para-hydroxylation sites is 1. The number of rotatable bonds is 7. The van der Waals surface area contributed by atoms with Crippen LogP contribution in [0.3, 0.4) is 0 Å². The molecule has 166 valence electrons. The molecule has 0 unspecified atom stereocenters. The van der Waals surface area contributed by atoms with E-state index in [1.54, 1.807) is 30.5 Å². The van der Waals surface area contributed by atoms with Gasteiger partial charge in [0.2, 0.25) is 0 Å². The summed E-state index contributed by atoms with van der Waals surface area (Å²) in [7, 11) is 0. The van der Waals surface area contributed by atoms with Gasteiger partial charge in [0, 0.05) is 11.3 Å². The van der Waals surface area contributed by atoms with Crippen molar-refractivity contribution in [1.82, 2.24) is 4.98 Å². The molecule has 1 fully saturated rings. The summed E-state index contributed by atoms with van der Waals surface area (Å²) in [5, 5.41) is 6.75. The molecule has 0 bridgehead atoms. The lowest BCUT2D eigenvalue weighted by Crippen LogP contribution is -2.17. The SMILES string of the molecule is Cc1nc(C(F)(F)F)c(C(=O)Nc2ccccc2-c2ccc(C=NOCC3CC3)cc2)s1. The summed E-state index contributed by atoms with van der Waals surface area (Å²) in [4.78, 5) is 20.9. The quantitative estimate of drug-likeness (QED) is 0.340. The van der Waals surface area contributed by atoms with Crippen molar-refractivity contribution in [3.05, 3.63) is 69.7 Å². The molecule has 5 nitrogen and oxygen atoms in total. The van der Waals surface area contributed by atoms with Crippen molar-refractivity contribution in [3.63, 3.8) is 0 Å². The molecule has 1 N–H and O–H groups in total. The fourth-order valence-corrected chi connectivity index (χ4v) is 3.91. The van der Waals surface area contributed by atoms with Gasteiger partial charge in [-0.15, -0.1) is 11.3 Å². The molecule has 1 heterocycles. The summed E-state index contributed by atoms with van der Waals surface area (Å²) in [6.45, 7) is 2.07. The van der Waals surface area contributed by atoms with Crippen LogP contribution in [-0.4, -0.2) is 23.7 Å². The molecule has 0 aliphatic heterocycles. The van der Waals surface area contributed by atoms with Crippen LogP contribution in [-0.2, 0) is 11.0 Å². The van der Waals surface area contributed by atoms with E-state index in [4.69, 9.17) is 4.84 Å². The number of aryl methyl sites for hydroxylation is 1. The molecule has 1 amide bonds. The first-order valence-corrected chi connectivity index (χ1v) is 10.8. The van der Waals surface area contributed by atoms with E-state index in [0.29, 0.717) is 23.8 Å². The Morgan fingerprint density at radius 1 is 1.22 bits per heavy atom. The first kappa shape index (κ1) is 22.0. The zero-order chi connectivity index (χ0) is 22.7. The van der Waals surface area contributed by atoms with Crippen LogP contribution in [0.1, 0.15) is 38.8 Å². The average molecular weight is 459 g/mol. The average Bonchev–Trinajstić information content (AvgIpc) is 3.50.